The molecule has 0 aliphatic heterocycles. The third-order valence-electron chi connectivity index (χ3n) is 2.54. The van der Waals surface area contributed by atoms with E-state index in [1.165, 1.54) is 0 Å². The van der Waals surface area contributed by atoms with Crippen LogP contribution >= 0.6 is 15.9 Å². The first kappa shape index (κ1) is 13.9. The van der Waals surface area contributed by atoms with E-state index in [9.17, 15) is 4.79 Å². The Morgan fingerprint density at radius 2 is 1.93 bits per heavy atom. The van der Waals surface area contributed by atoms with Gasteiger partial charge < -0.3 is 4.90 Å². The van der Waals surface area contributed by atoms with Gasteiger partial charge in [0.15, 0.2) is 0 Å². The number of alkyl halides is 1. The van der Waals surface area contributed by atoms with Crippen molar-refractivity contribution in [2.75, 3.05) is 12.4 Å². The minimum absolute atomic E-state index is 0.0892. The van der Waals surface area contributed by atoms with Crippen molar-refractivity contribution in [3.8, 4) is 0 Å². The lowest BCUT2D eigenvalue weighted by Crippen LogP contribution is -2.46. The van der Waals surface area contributed by atoms with Gasteiger partial charge in [-0.05, 0) is 26.2 Å². The van der Waals surface area contributed by atoms with E-state index in [0.717, 1.165) is 11.8 Å². The van der Waals surface area contributed by atoms with Gasteiger partial charge in [-0.25, -0.2) is 0 Å². The second kappa shape index (κ2) is 5.74. The molecule has 0 saturated heterocycles. The van der Waals surface area contributed by atoms with E-state index in [0.29, 0.717) is 12.3 Å². The number of carbonyl (C=O) groups excluding carboxylic acids is 1. The fourth-order valence-electron chi connectivity index (χ4n) is 1.01. The summed E-state index contributed by atoms with van der Waals surface area (Å²) in [6, 6.07) is 0. The molecule has 0 aromatic carbocycles. The fraction of sp³-hybridized carbons (Fsp3) is 0.909. The lowest BCUT2D eigenvalue weighted by Gasteiger charge is -2.34. The second-order valence-electron chi connectivity index (χ2n) is 4.83. The van der Waals surface area contributed by atoms with Gasteiger partial charge in [0.1, 0.15) is 0 Å². The van der Waals surface area contributed by atoms with Crippen molar-refractivity contribution in [2.45, 2.75) is 46.1 Å². The van der Waals surface area contributed by atoms with Crippen LogP contribution < -0.4 is 0 Å². The molecule has 0 fully saturated rings. The summed E-state index contributed by atoms with van der Waals surface area (Å²) >= 11 is 3.43. The highest BCUT2D eigenvalue weighted by molar-refractivity contribution is 9.09. The summed E-state index contributed by atoms with van der Waals surface area (Å²) in [7, 11) is 1.88. The minimum Gasteiger partial charge on any atom is -0.340 e. The van der Waals surface area contributed by atoms with Gasteiger partial charge in [-0.1, -0.05) is 29.8 Å². The van der Waals surface area contributed by atoms with Crippen molar-refractivity contribution >= 4 is 21.8 Å². The first-order valence-corrected chi connectivity index (χ1v) is 6.26. The summed E-state index contributed by atoms with van der Waals surface area (Å²) < 4.78 is 0. The third kappa shape index (κ3) is 4.45. The first-order valence-electron chi connectivity index (χ1n) is 5.14. The van der Waals surface area contributed by atoms with E-state index in [4.69, 9.17) is 0 Å². The maximum Gasteiger partial charge on any atom is 0.222 e. The SMILES string of the molecule is CC(C)CCC(=O)N(C)C(C)(C)CBr. The molecule has 0 aromatic rings. The Balaban J connectivity index is 4.12. The second-order valence-corrected chi connectivity index (χ2v) is 5.39. The van der Waals surface area contributed by atoms with Crippen molar-refractivity contribution in [3.05, 3.63) is 0 Å². The highest BCUT2D eigenvalue weighted by atomic mass is 79.9. The van der Waals surface area contributed by atoms with Gasteiger partial charge >= 0.3 is 0 Å². The predicted molar refractivity (Wildman–Crippen MR) is 64.7 cm³/mol. The molecule has 0 aliphatic carbocycles. The van der Waals surface area contributed by atoms with Crippen molar-refractivity contribution in [1.29, 1.82) is 0 Å². The molecule has 0 bridgehead atoms. The monoisotopic (exact) mass is 263 g/mol. The average molecular weight is 264 g/mol. The molecule has 14 heavy (non-hydrogen) atoms. The Morgan fingerprint density at radius 3 is 2.29 bits per heavy atom. The Kier molecular flexibility index (Phi) is 5.72. The number of nitrogens with zero attached hydrogens (tertiary/aromatic N) is 1. The molecular weight excluding hydrogens is 242 g/mol. The van der Waals surface area contributed by atoms with Crippen LogP contribution in [0.25, 0.3) is 0 Å². The summed E-state index contributed by atoms with van der Waals surface area (Å²) in [5.41, 5.74) is -0.0892. The summed E-state index contributed by atoms with van der Waals surface area (Å²) in [6.45, 7) is 8.41. The molecule has 0 heterocycles. The van der Waals surface area contributed by atoms with Crippen LogP contribution in [0.4, 0.5) is 0 Å². The van der Waals surface area contributed by atoms with Crippen LogP contribution in [0.2, 0.25) is 0 Å². The lowest BCUT2D eigenvalue weighted by molar-refractivity contribution is -0.134. The molecule has 0 radical (unpaired) electrons. The van der Waals surface area contributed by atoms with Gasteiger partial charge in [0, 0.05) is 24.3 Å². The normalized spacial score (nSPS) is 11.9. The van der Waals surface area contributed by atoms with E-state index >= 15 is 0 Å². The van der Waals surface area contributed by atoms with E-state index in [1.54, 1.807) is 0 Å². The zero-order valence-corrected chi connectivity index (χ0v) is 11.5. The van der Waals surface area contributed by atoms with E-state index in [1.807, 2.05) is 11.9 Å². The van der Waals surface area contributed by atoms with Crippen LogP contribution in [0, 0.1) is 5.92 Å². The van der Waals surface area contributed by atoms with Crippen molar-refractivity contribution in [1.82, 2.24) is 4.90 Å². The Bertz CT molecular complexity index is 190. The van der Waals surface area contributed by atoms with Crippen LogP contribution in [0.5, 0.6) is 0 Å². The van der Waals surface area contributed by atoms with Gasteiger partial charge in [-0.15, -0.1) is 0 Å². The van der Waals surface area contributed by atoms with Crippen LogP contribution in [0.15, 0.2) is 0 Å². The third-order valence-corrected chi connectivity index (χ3v) is 3.92. The predicted octanol–water partition coefficient (Wildman–Crippen LogP) is 3.05. The van der Waals surface area contributed by atoms with Crippen LogP contribution in [-0.2, 0) is 4.79 Å². The molecule has 0 aromatic heterocycles. The molecule has 0 N–H and O–H groups in total. The summed E-state index contributed by atoms with van der Waals surface area (Å²) in [5, 5.41) is 0.809. The molecule has 1 amide bonds. The zero-order valence-electron chi connectivity index (χ0n) is 9.93. The standard InChI is InChI=1S/C11H22BrNO/c1-9(2)6-7-10(14)13(5)11(3,4)8-12/h9H,6-8H2,1-5H3. The van der Waals surface area contributed by atoms with E-state index in [-0.39, 0.29) is 11.4 Å². The first-order chi connectivity index (χ1) is 6.31. The molecule has 3 heteroatoms. The zero-order chi connectivity index (χ0) is 11.4. The van der Waals surface area contributed by atoms with Gasteiger partial charge in [-0.2, -0.15) is 0 Å². The van der Waals surface area contributed by atoms with Gasteiger partial charge in [0.05, 0.1) is 0 Å². The number of halogens is 1. The highest BCUT2D eigenvalue weighted by Gasteiger charge is 2.25. The number of hydrogen-bond donors (Lipinski definition) is 0. The Morgan fingerprint density at radius 1 is 1.43 bits per heavy atom. The minimum atomic E-state index is -0.0892. The van der Waals surface area contributed by atoms with Crippen LogP contribution in [0.3, 0.4) is 0 Å². The van der Waals surface area contributed by atoms with Gasteiger partial charge in [0.25, 0.3) is 0 Å². The number of rotatable bonds is 5. The van der Waals surface area contributed by atoms with Crippen molar-refractivity contribution in [2.24, 2.45) is 5.92 Å². The molecule has 0 rings (SSSR count). The number of carbonyl (C=O) groups is 1. The topological polar surface area (TPSA) is 20.3 Å². The number of hydrogen-bond acceptors (Lipinski definition) is 1. The van der Waals surface area contributed by atoms with Crippen molar-refractivity contribution in [3.63, 3.8) is 0 Å². The molecular formula is C11H22BrNO. The maximum atomic E-state index is 11.8. The average Bonchev–Trinajstić information content (AvgIpc) is 2.12. The summed E-state index contributed by atoms with van der Waals surface area (Å²) in [4.78, 5) is 13.6. The maximum absolute atomic E-state index is 11.8. The van der Waals surface area contributed by atoms with Crippen LogP contribution in [0.1, 0.15) is 40.5 Å². The Labute approximate surface area is 96.2 Å². The van der Waals surface area contributed by atoms with Gasteiger partial charge in [0.2, 0.25) is 5.91 Å². The lowest BCUT2D eigenvalue weighted by atomic mass is 10.0. The molecule has 0 unspecified atom stereocenters. The summed E-state index contributed by atoms with van der Waals surface area (Å²) in [5.74, 6) is 0.836. The Hall–Kier alpha value is -0.0500. The largest absolute Gasteiger partial charge is 0.340 e. The molecule has 0 saturated carbocycles. The molecule has 0 aliphatic rings. The number of amides is 1. The summed E-state index contributed by atoms with van der Waals surface area (Å²) in [6.07, 6.45) is 1.63. The van der Waals surface area contributed by atoms with Gasteiger partial charge in [-0.3, -0.25) is 4.79 Å². The van der Waals surface area contributed by atoms with Crippen LogP contribution in [-0.4, -0.2) is 28.7 Å². The van der Waals surface area contributed by atoms with E-state index in [2.05, 4.69) is 43.6 Å². The smallest absolute Gasteiger partial charge is 0.222 e. The molecule has 84 valence electrons. The van der Waals surface area contributed by atoms with E-state index < -0.39 is 0 Å². The van der Waals surface area contributed by atoms with Crippen molar-refractivity contribution < 1.29 is 4.79 Å². The highest BCUT2D eigenvalue weighted by Crippen LogP contribution is 2.17. The fourth-order valence-corrected chi connectivity index (χ4v) is 1.38. The quantitative estimate of drug-likeness (QED) is 0.699. The molecule has 2 nitrogen and oxygen atoms in total. The molecule has 0 atom stereocenters. The molecule has 0 spiro atoms.